The van der Waals surface area contributed by atoms with Crippen molar-refractivity contribution in [1.82, 2.24) is 0 Å². The molecule has 0 bridgehead atoms. The molecule has 1 atom stereocenters. The van der Waals surface area contributed by atoms with Crippen LogP contribution in [0.25, 0.3) is 0 Å². The van der Waals surface area contributed by atoms with Gasteiger partial charge in [0.1, 0.15) is 0 Å². The average Bonchev–Trinajstić information content (AvgIpc) is 2.78. The molecule has 2 heteroatoms. The van der Waals surface area contributed by atoms with E-state index in [4.69, 9.17) is 7.57 Å². The molecule has 13 heavy (non-hydrogen) atoms. The van der Waals surface area contributed by atoms with Crippen LogP contribution in [-0.2, 0) is 0 Å². The van der Waals surface area contributed by atoms with Crippen molar-refractivity contribution in [2.24, 2.45) is 0 Å². The summed E-state index contributed by atoms with van der Waals surface area (Å²) < 4.78 is 0. The minimum absolute atomic E-state index is 1.28. The van der Waals surface area contributed by atoms with Crippen LogP contribution in [0.4, 0.5) is 0 Å². The molecular formula is C11H11BP-2. The molecule has 0 N–H and O–H groups in total. The van der Waals surface area contributed by atoms with E-state index in [1.807, 2.05) is 24.3 Å². The van der Waals surface area contributed by atoms with E-state index in [0.717, 1.165) is 0 Å². The maximum atomic E-state index is 6.36. The van der Waals surface area contributed by atoms with Gasteiger partial charge in [0.05, 0.1) is 0 Å². The zero-order chi connectivity index (χ0) is 9.31. The largest absolute Gasteiger partial charge is 0.586 e. The second kappa shape index (κ2) is 3.16. The Bertz CT molecular complexity index is 387. The molecule has 0 aliphatic heterocycles. The van der Waals surface area contributed by atoms with E-state index in [1.54, 1.807) is 0 Å². The maximum Gasteiger partial charge on any atom is -0.0590 e. The molecule has 3 radical (unpaired) electrons. The van der Waals surface area contributed by atoms with Crippen molar-refractivity contribution in [3.05, 3.63) is 48.6 Å². The van der Waals surface area contributed by atoms with Gasteiger partial charge in [0, 0.05) is 0 Å². The predicted octanol–water partition coefficient (Wildman–Crippen LogP) is 2.06. The van der Waals surface area contributed by atoms with Gasteiger partial charge in [0.15, 0.2) is 0 Å². The third kappa shape index (κ3) is 1.49. The summed E-state index contributed by atoms with van der Waals surface area (Å²) in [6.07, 6.45) is 8.31. The van der Waals surface area contributed by atoms with Crippen molar-refractivity contribution < 1.29 is 0 Å². The zero-order valence-electron chi connectivity index (χ0n) is 7.64. The molecule has 0 aromatic heterocycles. The number of rotatable bonds is 1. The number of allylic oxidation sites excluding steroid dienone is 4. The minimum Gasteiger partial charge on any atom is -0.586 e. The van der Waals surface area contributed by atoms with Crippen LogP contribution in [0.1, 0.15) is 0 Å². The van der Waals surface area contributed by atoms with Gasteiger partial charge in [-0.15, -0.1) is 0 Å². The number of hydrogen-bond acceptors (Lipinski definition) is 0. The average molecular weight is 185 g/mol. The Morgan fingerprint density at radius 2 is 2.00 bits per heavy atom. The molecule has 1 aliphatic rings. The molecule has 0 spiro atoms. The summed E-state index contributed by atoms with van der Waals surface area (Å²) in [5.74, 6) is 0. The third-order valence-corrected chi connectivity index (χ3v) is 5.10. The quantitative estimate of drug-likeness (QED) is 0.357. The minimum atomic E-state index is -1.55. The van der Waals surface area contributed by atoms with Crippen molar-refractivity contribution in [2.45, 2.75) is 0 Å². The van der Waals surface area contributed by atoms with Crippen molar-refractivity contribution in [3.63, 3.8) is 0 Å². The molecule has 0 saturated carbocycles. The molecule has 0 amide bonds. The lowest BCUT2D eigenvalue weighted by Gasteiger charge is -2.39. The van der Waals surface area contributed by atoms with Crippen LogP contribution in [-0.4, -0.2) is 19.5 Å². The first kappa shape index (κ1) is 8.78. The second-order valence-corrected chi connectivity index (χ2v) is 6.55. The summed E-state index contributed by atoms with van der Waals surface area (Å²) in [6, 6.07) is 8.31. The Morgan fingerprint density at radius 3 is 2.54 bits per heavy atom. The standard InChI is InChI=1S/C11H11BP/c1-13(12,10-6-2-3-7-10)11-8-4-5-9-11/h2-9H,1H3/q-2. The first-order chi connectivity index (χ1) is 6.21. The molecule has 0 heterocycles. The number of hydrogen-bond donors (Lipinski definition) is 0. The normalized spacial score (nSPS) is 19.4. The van der Waals surface area contributed by atoms with E-state index in [0.29, 0.717) is 0 Å². The fraction of sp³-hybridized carbons (Fsp3) is 0.0909. The molecule has 1 unspecified atom stereocenters. The SMILES string of the molecule is [B-]P(C)(=C1C=CC=C1)c1cc[cH-]c1. The van der Waals surface area contributed by atoms with Gasteiger partial charge in [-0.1, -0.05) is 36.3 Å². The van der Waals surface area contributed by atoms with Crippen molar-refractivity contribution in [1.29, 1.82) is 0 Å². The van der Waals surface area contributed by atoms with Crippen molar-refractivity contribution in [3.8, 4) is 0 Å². The van der Waals surface area contributed by atoms with Gasteiger partial charge in [-0.25, -0.2) is 11.4 Å². The van der Waals surface area contributed by atoms with Crippen LogP contribution in [0.3, 0.4) is 0 Å². The van der Waals surface area contributed by atoms with Gasteiger partial charge in [0.25, 0.3) is 0 Å². The van der Waals surface area contributed by atoms with Gasteiger partial charge >= 0.3 is 0 Å². The summed E-state index contributed by atoms with van der Waals surface area (Å²) >= 11 is 0. The van der Waals surface area contributed by atoms with E-state index in [1.165, 1.54) is 10.6 Å². The summed E-state index contributed by atoms with van der Waals surface area (Å²) in [5, 5.41) is 2.55. The summed E-state index contributed by atoms with van der Waals surface area (Å²) in [6.45, 7) is 0.599. The Kier molecular flexibility index (Phi) is 2.13. The smallest absolute Gasteiger partial charge is 0.0590 e. The monoisotopic (exact) mass is 185 g/mol. The molecule has 0 saturated heterocycles. The fourth-order valence-electron chi connectivity index (χ4n) is 1.50. The predicted molar refractivity (Wildman–Crippen MR) is 63.6 cm³/mol. The van der Waals surface area contributed by atoms with Crippen LogP contribution in [0.2, 0.25) is 0 Å². The van der Waals surface area contributed by atoms with Crippen LogP contribution < -0.4 is 5.30 Å². The molecular weight excluding hydrogens is 174 g/mol. The highest BCUT2D eigenvalue weighted by Crippen LogP contribution is 2.39. The van der Waals surface area contributed by atoms with Crippen molar-refractivity contribution >= 4 is 24.9 Å². The Labute approximate surface area is 80.7 Å². The summed E-state index contributed by atoms with van der Waals surface area (Å²) in [4.78, 5) is 0. The van der Waals surface area contributed by atoms with E-state index < -0.39 is 6.76 Å². The van der Waals surface area contributed by atoms with E-state index in [9.17, 15) is 0 Å². The van der Waals surface area contributed by atoms with Crippen LogP contribution in [0.15, 0.2) is 48.6 Å². The maximum absolute atomic E-state index is 6.36. The molecule has 0 nitrogen and oxygen atoms in total. The highest BCUT2D eigenvalue weighted by molar-refractivity contribution is 8.02. The Balaban J connectivity index is 2.58. The molecule has 1 aliphatic carbocycles. The van der Waals surface area contributed by atoms with Gasteiger partial charge in [-0.05, 0) is 0 Å². The molecule has 1 aromatic rings. The first-order valence-electron chi connectivity index (χ1n) is 4.31. The highest BCUT2D eigenvalue weighted by atomic mass is 31.2. The van der Waals surface area contributed by atoms with Crippen LogP contribution in [0.5, 0.6) is 0 Å². The second-order valence-electron chi connectivity index (χ2n) is 3.36. The third-order valence-electron chi connectivity index (χ3n) is 2.36. The first-order valence-corrected chi connectivity index (χ1v) is 6.61. The van der Waals surface area contributed by atoms with Gasteiger partial charge < -0.3 is 14.3 Å². The summed E-state index contributed by atoms with van der Waals surface area (Å²) in [5.41, 5.74) is 0. The molecule has 65 valence electrons. The van der Waals surface area contributed by atoms with E-state index >= 15 is 0 Å². The fourth-order valence-corrected chi connectivity index (χ4v) is 3.38. The van der Waals surface area contributed by atoms with Gasteiger partial charge in [0.2, 0.25) is 0 Å². The zero-order valence-corrected chi connectivity index (χ0v) is 8.54. The van der Waals surface area contributed by atoms with E-state index in [2.05, 4.69) is 30.9 Å². The van der Waals surface area contributed by atoms with Crippen LogP contribution in [0, 0.1) is 0 Å². The highest BCUT2D eigenvalue weighted by Gasteiger charge is 1.96. The lowest BCUT2D eigenvalue weighted by Crippen LogP contribution is -2.06. The molecule has 0 fully saturated rings. The molecule has 2 rings (SSSR count). The van der Waals surface area contributed by atoms with Crippen LogP contribution >= 0.6 is 6.76 Å². The van der Waals surface area contributed by atoms with Gasteiger partial charge in [-0.2, -0.15) is 18.2 Å². The van der Waals surface area contributed by atoms with Gasteiger partial charge in [-0.3, -0.25) is 0 Å². The topological polar surface area (TPSA) is 0 Å². The molecule has 1 aromatic carbocycles. The lowest BCUT2D eigenvalue weighted by atomic mass is 10.5. The summed E-state index contributed by atoms with van der Waals surface area (Å²) in [7, 11) is 6.36. The Hall–Kier alpha value is -0.805. The lowest BCUT2D eigenvalue weighted by molar-refractivity contribution is 2.03. The Morgan fingerprint density at radius 1 is 1.31 bits per heavy atom. The van der Waals surface area contributed by atoms with Crippen molar-refractivity contribution in [2.75, 3.05) is 6.66 Å². The van der Waals surface area contributed by atoms with E-state index in [-0.39, 0.29) is 0 Å².